The Labute approximate surface area is 323 Å². The van der Waals surface area contributed by atoms with E-state index in [2.05, 4.69) is 89.8 Å². The number of aromatic nitrogens is 4. The summed E-state index contributed by atoms with van der Waals surface area (Å²) in [5.41, 5.74) is 5.71. The second kappa shape index (κ2) is 14.9. The smallest absolute Gasteiger partial charge is 0.411 e. The van der Waals surface area contributed by atoms with Gasteiger partial charge in [-0.3, -0.25) is 15.0 Å². The Morgan fingerprint density at radius 2 is 1.49 bits per heavy atom. The molecule has 1 saturated carbocycles. The van der Waals surface area contributed by atoms with E-state index in [1.165, 1.54) is 0 Å². The van der Waals surface area contributed by atoms with Crippen LogP contribution in [0.2, 0.25) is 0 Å². The minimum Gasteiger partial charge on any atom is -0.444 e. The lowest BCUT2D eigenvalue weighted by atomic mass is 9.98. The van der Waals surface area contributed by atoms with Gasteiger partial charge in [0.1, 0.15) is 17.2 Å². The molecule has 8 rings (SSSR count). The number of H-pyrrole nitrogens is 2. The largest absolute Gasteiger partial charge is 0.444 e. The summed E-state index contributed by atoms with van der Waals surface area (Å²) in [7, 11) is 1.63. The molecule has 0 radical (unpaired) electrons. The second-order valence-corrected chi connectivity index (χ2v) is 16.8. The predicted octanol–water partition coefficient (Wildman–Crippen LogP) is 8.63. The van der Waals surface area contributed by atoms with E-state index in [1.54, 1.807) is 7.11 Å². The highest BCUT2D eigenvalue weighted by atomic mass is 16.6. The van der Waals surface area contributed by atoms with Crippen LogP contribution in [0, 0.1) is 11.8 Å². The summed E-state index contributed by atoms with van der Waals surface area (Å²) in [6.45, 7) is 10.9. The number of fused-ring (bicyclic) bond motifs is 3. The summed E-state index contributed by atoms with van der Waals surface area (Å²) < 4.78 is 11.0. The minimum atomic E-state index is -0.541. The highest BCUT2D eigenvalue weighted by Gasteiger charge is 2.51. The fraction of sp³-hybridized carbons (Fsp3) is 0.455. The van der Waals surface area contributed by atoms with Crippen LogP contribution in [0.25, 0.3) is 44.4 Å². The van der Waals surface area contributed by atoms with Crippen LogP contribution in [0.5, 0.6) is 0 Å². The molecule has 2 aliphatic heterocycles. The SMILES string of the molecule is COCNC(C(=O)N1CCCC1c1ncc(-c2ccc3cc(-c4ccc(-c5cnc(C6C7CCC(C7)N6C(=O)OC(C)(C)C)[nH]5)cc4)ccc3c2)[nH]1)C(C)C. The molecule has 3 aliphatic rings. The van der Waals surface area contributed by atoms with E-state index in [1.807, 2.05) is 43.0 Å². The van der Waals surface area contributed by atoms with Crippen molar-refractivity contribution in [1.82, 2.24) is 35.1 Å². The fourth-order valence-corrected chi connectivity index (χ4v) is 8.91. The molecular weight excluding hydrogens is 691 g/mol. The van der Waals surface area contributed by atoms with Gasteiger partial charge in [-0.05, 0) is 104 Å². The number of methoxy groups -OCH3 is 1. The van der Waals surface area contributed by atoms with Crippen LogP contribution in [0.4, 0.5) is 4.79 Å². The zero-order chi connectivity index (χ0) is 38.4. The first-order valence-electron chi connectivity index (χ1n) is 19.8. The van der Waals surface area contributed by atoms with Gasteiger partial charge in [-0.2, -0.15) is 0 Å². The van der Waals surface area contributed by atoms with E-state index < -0.39 is 5.60 Å². The van der Waals surface area contributed by atoms with E-state index in [-0.39, 0.29) is 42.1 Å². The van der Waals surface area contributed by atoms with Crippen molar-refractivity contribution in [3.05, 3.63) is 84.7 Å². The third-order valence-corrected chi connectivity index (χ3v) is 11.6. The van der Waals surface area contributed by atoms with Gasteiger partial charge >= 0.3 is 6.09 Å². The van der Waals surface area contributed by atoms with Gasteiger partial charge < -0.3 is 24.3 Å². The zero-order valence-corrected chi connectivity index (χ0v) is 32.8. The Morgan fingerprint density at radius 1 is 0.855 bits per heavy atom. The van der Waals surface area contributed by atoms with E-state index in [4.69, 9.17) is 19.4 Å². The second-order valence-electron chi connectivity index (χ2n) is 16.8. The Balaban J connectivity index is 0.955. The predicted molar refractivity (Wildman–Crippen MR) is 214 cm³/mol. The number of nitrogens with one attached hydrogen (secondary N) is 3. The lowest BCUT2D eigenvalue weighted by Crippen LogP contribution is -2.49. The van der Waals surface area contributed by atoms with Crippen molar-refractivity contribution in [2.45, 2.75) is 96.5 Å². The maximum atomic E-state index is 13.6. The van der Waals surface area contributed by atoms with Gasteiger partial charge in [0.05, 0.1) is 48.6 Å². The number of carbonyl (C=O) groups excluding carboxylic acids is 2. The fourth-order valence-electron chi connectivity index (χ4n) is 8.91. The van der Waals surface area contributed by atoms with Gasteiger partial charge in [0, 0.05) is 25.3 Å². The number of ether oxygens (including phenoxy) is 2. The van der Waals surface area contributed by atoms with Gasteiger partial charge in [-0.1, -0.05) is 62.4 Å². The number of aromatic amines is 2. The average molecular weight is 744 g/mol. The van der Waals surface area contributed by atoms with Crippen molar-refractivity contribution >= 4 is 22.8 Å². The molecule has 2 saturated heterocycles. The molecule has 2 amide bonds. The van der Waals surface area contributed by atoms with Crippen molar-refractivity contribution in [1.29, 1.82) is 0 Å². The summed E-state index contributed by atoms with van der Waals surface area (Å²) in [6.07, 6.45) is 8.48. The maximum Gasteiger partial charge on any atom is 0.411 e. The number of piperidine rings is 1. The molecule has 5 unspecified atom stereocenters. The number of amides is 2. The number of likely N-dealkylation sites (tertiary alicyclic amines) is 2. The molecule has 3 fully saturated rings. The summed E-state index contributed by atoms with van der Waals surface area (Å²) >= 11 is 0. The van der Waals surface area contributed by atoms with Crippen LogP contribution in [0.3, 0.4) is 0 Å². The lowest BCUT2D eigenvalue weighted by molar-refractivity contribution is -0.136. The molecule has 3 N–H and O–H groups in total. The van der Waals surface area contributed by atoms with Crippen molar-refractivity contribution in [2.24, 2.45) is 11.8 Å². The molecule has 11 nitrogen and oxygen atoms in total. The number of hydrogen-bond donors (Lipinski definition) is 3. The highest BCUT2D eigenvalue weighted by Crippen LogP contribution is 2.50. The van der Waals surface area contributed by atoms with Gasteiger partial charge in [0.2, 0.25) is 5.91 Å². The molecule has 2 aromatic heterocycles. The zero-order valence-electron chi connectivity index (χ0n) is 32.8. The standard InChI is InChI=1S/C44H53N7O4/c1-26(2)38(47-25-54-6)42(52)50-19-7-8-37(50)40-45-24-36(48-40)32-16-15-30-20-29(13-14-31(30)21-32)27-9-11-28(12-10-27)35-23-46-41(49-35)39-33-17-18-34(22-33)51(39)43(53)55-44(3,4)5/h9-16,20-21,23-24,26,33-34,37-39,47H,7-8,17-19,22,25H2,1-6H3,(H,45,48)(H,46,49). The quantitative estimate of drug-likeness (QED) is 0.122. The molecule has 11 heteroatoms. The summed E-state index contributed by atoms with van der Waals surface area (Å²) in [6, 6.07) is 21.3. The maximum absolute atomic E-state index is 13.6. The van der Waals surface area contributed by atoms with Crippen molar-refractivity contribution in [2.75, 3.05) is 20.4 Å². The number of rotatable bonds is 10. The first kappa shape index (κ1) is 36.9. The van der Waals surface area contributed by atoms with E-state index >= 15 is 0 Å². The van der Waals surface area contributed by atoms with Crippen molar-refractivity contribution < 1.29 is 19.1 Å². The van der Waals surface area contributed by atoms with Gasteiger partial charge in [0.25, 0.3) is 0 Å². The molecule has 0 spiro atoms. The molecule has 2 bridgehead atoms. The van der Waals surface area contributed by atoms with Crippen molar-refractivity contribution in [3.63, 3.8) is 0 Å². The number of nitrogens with zero attached hydrogens (tertiary/aromatic N) is 4. The number of imidazole rings is 2. The molecule has 4 heterocycles. The van der Waals surface area contributed by atoms with E-state index in [0.29, 0.717) is 12.6 Å². The van der Waals surface area contributed by atoms with Gasteiger partial charge in [0.15, 0.2) is 0 Å². The third-order valence-electron chi connectivity index (χ3n) is 11.6. The molecule has 288 valence electrons. The number of benzene rings is 3. The Hall–Kier alpha value is -5.00. The summed E-state index contributed by atoms with van der Waals surface area (Å²) in [5, 5.41) is 5.54. The normalized spacial score (nSPS) is 21.6. The van der Waals surface area contributed by atoms with Crippen LogP contribution in [0.15, 0.2) is 73.1 Å². The number of hydrogen-bond acceptors (Lipinski definition) is 7. The van der Waals surface area contributed by atoms with E-state index in [0.717, 1.165) is 94.7 Å². The highest BCUT2D eigenvalue weighted by molar-refractivity contribution is 5.90. The first-order chi connectivity index (χ1) is 26.5. The van der Waals surface area contributed by atoms with Crippen LogP contribution in [0.1, 0.15) is 90.5 Å². The monoisotopic (exact) mass is 743 g/mol. The van der Waals surface area contributed by atoms with Gasteiger partial charge in [-0.15, -0.1) is 0 Å². The Morgan fingerprint density at radius 3 is 2.20 bits per heavy atom. The minimum absolute atomic E-state index is 0.0755. The molecular formula is C44H53N7O4. The average Bonchev–Trinajstić information content (AvgIpc) is 4.02. The molecule has 5 atom stereocenters. The molecule has 3 aromatic carbocycles. The third kappa shape index (κ3) is 7.39. The Bertz CT molecular complexity index is 2170. The van der Waals surface area contributed by atoms with Crippen LogP contribution in [-0.2, 0) is 14.3 Å². The molecule has 5 aromatic rings. The van der Waals surface area contributed by atoms with Crippen LogP contribution in [-0.4, -0.2) is 79.8 Å². The summed E-state index contributed by atoms with van der Waals surface area (Å²) in [4.78, 5) is 47.4. The van der Waals surface area contributed by atoms with E-state index in [9.17, 15) is 9.59 Å². The van der Waals surface area contributed by atoms with Crippen LogP contribution >= 0.6 is 0 Å². The van der Waals surface area contributed by atoms with Crippen LogP contribution < -0.4 is 5.32 Å². The van der Waals surface area contributed by atoms with Crippen molar-refractivity contribution in [3.8, 4) is 33.6 Å². The topological polar surface area (TPSA) is 128 Å². The van der Waals surface area contributed by atoms with Gasteiger partial charge in [-0.25, -0.2) is 14.8 Å². The molecule has 1 aliphatic carbocycles. The number of carbonyl (C=O) groups is 2. The Kier molecular flexibility index (Phi) is 10.0. The summed E-state index contributed by atoms with van der Waals surface area (Å²) in [5.74, 6) is 2.29. The molecule has 55 heavy (non-hydrogen) atoms. The first-order valence-corrected chi connectivity index (χ1v) is 19.8. The lowest BCUT2D eigenvalue weighted by Gasteiger charge is -2.35.